The molecular formula is C14H16FN3O2. The smallest absolute Gasteiger partial charge is 0.218 e. The van der Waals surface area contributed by atoms with Gasteiger partial charge in [0.05, 0.1) is 20.3 Å². The van der Waals surface area contributed by atoms with Crippen LogP contribution in [0.4, 0.5) is 4.39 Å². The van der Waals surface area contributed by atoms with Crippen molar-refractivity contribution in [2.45, 2.75) is 6.04 Å². The molecule has 0 radical (unpaired) electrons. The molecule has 5 nitrogen and oxygen atoms in total. The molecule has 1 heterocycles. The Bertz CT molecular complexity index is 592. The first-order chi connectivity index (χ1) is 9.71. The predicted molar refractivity (Wildman–Crippen MR) is 72.9 cm³/mol. The van der Waals surface area contributed by atoms with Gasteiger partial charge in [-0.1, -0.05) is 12.1 Å². The molecule has 0 aliphatic heterocycles. The third kappa shape index (κ3) is 2.71. The van der Waals surface area contributed by atoms with E-state index >= 15 is 0 Å². The van der Waals surface area contributed by atoms with Crippen molar-refractivity contribution in [2.75, 3.05) is 14.2 Å². The van der Waals surface area contributed by atoms with Gasteiger partial charge in [0.1, 0.15) is 0 Å². The van der Waals surface area contributed by atoms with Crippen LogP contribution in [-0.2, 0) is 0 Å². The van der Waals surface area contributed by atoms with Crippen molar-refractivity contribution >= 4 is 0 Å². The lowest BCUT2D eigenvalue weighted by atomic mass is 10.00. The van der Waals surface area contributed by atoms with E-state index in [0.717, 1.165) is 5.56 Å². The van der Waals surface area contributed by atoms with Crippen LogP contribution in [0.3, 0.4) is 0 Å². The van der Waals surface area contributed by atoms with Crippen LogP contribution in [0.1, 0.15) is 17.2 Å². The highest BCUT2D eigenvalue weighted by Crippen LogP contribution is 2.29. The number of aromatic nitrogens is 1. The zero-order chi connectivity index (χ0) is 14.5. The van der Waals surface area contributed by atoms with E-state index in [9.17, 15) is 4.39 Å². The largest absolute Gasteiger partial charge is 0.494 e. The molecular weight excluding hydrogens is 261 g/mol. The normalized spacial score (nSPS) is 12.0. The summed E-state index contributed by atoms with van der Waals surface area (Å²) in [6.45, 7) is 0. The minimum absolute atomic E-state index is 0.183. The lowest BCUT2D eigenvalue weighted by Gasteiger charge is -2.19. The molecule has 2 aromatic rings. The van der Waals surface area contributed by atoms with Crippen LogP contribution in [0.25, 0.3) is 0 Å². The molecule has 0 saturated carbocycles. The van der Waals surface area contributed by atoms with Gasteiger partial charge in [-0.2, -0.15) is 0 Å². The molecule has 2 rings (SSSR count). The highest BCUT2D eigenvalue weighted by atomic mass is 19.1. The minimum Gasteiger partial charge on any atom is -0.494 e. The second-order valence-corrected chi connectivity index (χ2v) is 4.10. The summed E-state index contributed by atoms with van der Waals surface area (Å²) in [5.41, 5.74) is 4.02. The molecule has 0 fully saturated rings. The Kier molecular flexibility index (Phi) is 4.49. The fraction of sp³-hybridized carbons (Fsp3) is 0.214. The summed E-state index contributed by atoms with van der Waals surface area (Å²) in [6.07, 6.45) is 1.62. The molecule has 0 bridgehead atoms. The third-order valence-electron chi connectivity index (χ3n) is 2.98. The fourth-order valence-electron chi connectivity index (χ4n) is 2.02. The summed E-state index contributed by atoms with van der Waals surface area (Å²) in [5, 5.41) is 0. The molecule has 0 saturated heterocycles. The number of rotatable bonds is 5. The predicted octanol–water partition coefficient (Wildman–Crippen LogP) is 1.79. The van der Waals surface area contributed by atoms with Crippen molar-refractivity contribution < 1.29 is 13.9 Å². The van der Waals surface area contributed by atoms with Crippen molar-refractivity contribution in [3.8, 4) is 11.6 Å². The number of pyridine rings is 1. The van der Waals surface area contributed by atoms with Gasteiger partial charge in [-0.25, -0.2) is 14.8 Å². The van der Waals surface area contributed by atoms with E-state index < -0.39 is 11.9 Å². The van der Waals surface area contributed by atoms with Crippen LogP contribution < -0.4 is 20.7 Å². The topological polar surface area (TPSA) is 69.4 Å². The Balaban J connectivity index is 2.44. The first kappa shape index (κ1) is 14.2. The Labute approximate surface area is 116 Å². The summed E-state index contributed by atoms with van der Waals surface area (Å²) in [7, 11) is 2.94. The number of hydrazine groups is 1. The number of nitrogens with two attached hydrogens (primary N) is 1. The van der Waals surface area contributed by atoms with Crippen LogP contribution >= 0.6 is 0 Å². The van der Waals surface area contributed by atoms with Gasteiger partial charge in [0.15, 0.2) is 11.6 Å². The zero-order valence-electron chi connectivity index (χ0n) is 11.3. The number of nitrogens with one attached hydrogen (secondary N) is 1. The lowest BCUT2D eigenvalue weighted by Crippen LogP contribution is -2.29. The number of nitrogens with zero attached hydrogens (tertiary/aromatic N) is 1. The van der Waals surface area contributed by atoms with Gasteiger partial charge >= 0.3 is 0 Å². The highest BCUT2D eigenvalue weighted by molar-refractivity contribution is 5.39. The molecule has 0 aliphatic rings. The Morgan fingerprint density at radius 1 is 1.25 bits per heavy atom. The maximum Gasteiger partial charge on any atom is 0.218 e. The van der Waals surface area contributed by atoms with Crippen molar-refractivity contribution in [2.24, 2.45) is 5.84 Å². The zero-order valence-corrected chi connectivity index (χ0v) is 11.3. The maximum absolute atomic E-state index is 13.8. The van der Waals surface area contributed by atoms with E-state index in [0.29, 0.717) is 11.4 Å². The molecule has 0 amide bonds. The molecule has 1 aromatic carbocycles. The molecule has 1 unspecified atom stereocenters. The summed E-state index contributed by atoms with van der Waals surface area (Å²) in [4.78, 5) is 4.11. The third-order valence-corrected chi connectivity index (χ3v) is 2.98. The molecule has 1 aromatic heterocycles. The van der Waals surface area contributed by atoms with Gasteiger partial charge in [-0.3, -0.25) is 5.84 Å². The summed E-state index contributed by atoms with van der Waals surface area (Å²) in [5.74, 6) is 5.76. The Hall–Kier alpha value is -2.18. The average molecular weight is 277 g/mol. The quantitative estimate of drug-likeness (QED) is 0.644. The molecule has 0 spiro atoms. The second-order valence-electron chi connectivity index (χ2n) is 4.10. The SMILES string of the molecule is COc1ccc(C(NN)c2cccnc2OC)cc1F. The maximum atomic E-state index is 13.8. The molecule has 3 N–H and O–H groups in total. The van der Waals surface area contributed by atoms with Crippen LogP contribution in [0.15, 0.2) is 36.5 Å². The number of hydrogen-bond donors (Lipinski definition) is 2. The van der Waals surface area contributed by atoms with Crippen LogP contribution in [-0.4, -0.2) is 19.2 Å². The molecule has 0 aliphatic carbocycles. The standard InChI is InChI=1S/C14H16FN3O2/c1-19-12-6-5-9(8-11(12)15)13(18-16)10-4-3-7-17-14(10)20-2/h3-8,13,18H,16H2,1-2H3. The minimum atomic E-state index is -0.451. The van der Waals surface area contributed by atoms with Gasteiger partial charge in [-0.05, 0) is 23.8 Å². The number of methoxy groups -OCH3 is 2. The van der Waals surface area contributed by atoms with E-state index in [1.165, 1.54) is 20.3 Å². The first-order valence-electron chi connectivity index (χ1n) is 5.99. The number of benzene rings is 1. The molecule has 20 heavy (non-hydrogen) atoms. The number of halogens is 1. The summed E-state index contributed by atoms with van der Waals surface area (Å²) < 4.78 is 23.9. The molecule has 1 atom stereocenters. The average Bonchev–Trinajstić information content (AvgIpc) is 2.49. The highest BCUT2D eigenvalue weighted by Gasteiger charge is 2.19. The number of hydrogen-bond acceptors (Lipinski definition) is 5. The van der Waals surface area contributed by atoms with Crippen molar-refractivity contribution in [3.63, 3.8) is 0 Å². The lowest BCUT2D eigenvalue weighted by molar-refractivity contribution is 0.383. The fourth-order valence-corrected chi connectivity index (χ4v) is 2.02. The van der Waals surface area contributed by atoms with E-state index in [1.54, 1.807) is 24.4 Å². The van der Waals surface area contributed by atoms with Crippen molar-refractivity contribution in [3.05, 3.63) is 53.5 Å². The Morgan fingerprint density at radius 3 is 2.65 bits per heavy atom. The van der Waals surface area contributed by atoms with Gasteiger partial charge in [0.2, 0.25) is 5.88 Å². The van der Waals surface area contributed by atoms with Gasteiger partial charge in [0.25, 0.3) is 0 Å². The van der Waals surface area contributed by atoms with E-state index in [4.69, 9.17) is 15.3 Å². The second kappa shape index (κ2) is 6.31. The summed E-state index contributed by atoms with van der Waals surface area (Å²) in [6, 6.07) is 7.81. The van der Waals surface area contributed by atoms with Gasteiger partial charge in [0, 0.05) is 11.8 Å². The van der Waals surface area contributed by atoms with Gasteiger partial charge in [-0.15, -0.1) is 0 Å². The summed E-state index contributed by atoms with van der Waals surface area (Å²) >= 11 is 0. The van der Waals surface area contributed by atoms with Crippen molar-refractivity contribution in [1.82, 2.24) is 10.4 Å². The van der Waals surface area contributed by atoms with Crippen molar-refractivity contribution in [1.29, 1.82) is 0 Å². The van der Waals surface area contributed by atoms with Crippen LogP contribution in [0.5, 0.6) is 11.6 Å². The van der Waals surface area contributed by atoms with Gasteiger partial charge < -0.3 is 9.47 Å². The van der Waals surface area contributed by atoms with E-state index in [-0.39, 0.29) is 5.75 Å². The monoisotopic (exact) mass is 277 g/mol. The Morgan fingerprint density at radius 2 is 2.05 bits per heavy atom. The molecule has 106 valence electrons. The van der Waals surface area contributed by atoms with Crippen LogP contribution in [0, 0.1) is 5.82 Å². The van der Waals surface area contributed by atoms with Crippen LogP contribution in [0.2, 0.25) is 0 Å². The van der Waals surface area contributed by atoms with E-state index in [2.05, 4.69) is 10.4 Å². The number of ether oxygens (including phenoxy) is 2. The molecule has 6 heteroatoms. The first-order valence-corrected chi connectivity index (χ1v) is 5.99. The van der Waals surface area contributed by atoms with E-state index in [1.807, 2.05) is 6.07 Å².